The van der Waals surface area contributed by atoms with Gasteiger partial charge in [0.1, 0.15) is 11.8 Å². The first-order valence-corrected chi connectivity index (χ1v) is 6.21. The molecule has 0 fully saturated rings. The van der Waals surface area contributed by atoms with Gasteiger partial charge < -0.3 is 5.32 Å². The monoisotopic (exact) mass is 291 g/mol. The number of pyridine rings is 1. The zero-order valence-electron chi connectivity index (χ0n) is 11.0. The lowest BCUT2D eigenvalue weighted by molar-refractivity contribution is -0.137. The predicted molar refractivity (Wildman–Crippen MR) is 70.9 cm³/mol. The molecule has 1 aromatic heterocycles. The van der Waals surface area contributed by atoms with Gasteiger partial charge in [0.15, 0.2) is 0 Å². The van der Waals surface area contributed by atoms with Gasteiger partial charge in [-0.05, 0) is 17.7 Å². The number of halogens is 3. The fourth-order valence-corrected chi connectivity index (χ4v) is 1.88. The molecule has 0 radical (unpaired) electrons. The van der Waals surface area contributed by atoms with Crippen molar-refractivity contribution in [3.63, 3.8) is 0 Å². The molecule has 3 nitrogen and oxygen atoms in total. The first kappa shape index (κ1) is 15.0. The second kappa shape index (κ2) is 6.37. The first-order chi connectivity index (χ1) is 10.0. The fraction of sp³-hybridized carbons (Fsp3) is 0.200. The summed E-state index contributed by atoms with van der Waals surface area (Å²) in [7, 11) is 0. The third-order valence-electron chi connectivity index (χ3n) is 2.90. The summed E-state index contributed by atoms with van der Waals surface area (Å²) in [6.07, 6.45) is -2.82. The average molecular weight is 291 g/mol. The normalized spacial score (nSPS) is 11.1. The SMILES string of the molecule is N#Cc1ncccc1CNCc1cccc(C(F)(F)F)c1. The summed E-state index contributed by atoms with van der Waals surface area (Å²) in [4.78, 5) is 3.92. The van der Waals surface area contributed by atoms with Crippen LogP contribution in [0.5, 0.6) is 0 Å². The molecule has 0 amide bonds. The van der Waals surface area contributed by atoms with Crippen LogP contribution in [0.15, 0.2) is 42.6 Å². The van der Waals surface area contributed by atoms with Crippen LogP contribution in [0.1, 0.15) is 22.4 Å². The highest BCUT2D eigenvalue weighted by Crippen LogP contribution is 2.29. The third kappa shape index (κ3) is 4.04. The zero-order valence-corrected chi connectivity index (χ0v) is 11.0. The highest BCUT2D eigenvalue weighted by Gasteiger charge is 2.30. The van der Waals surface area contributed by atoms with E-state index in [4.69, 9.17) is 5.26 Å². The van der Waals surface area contributed by atoms with Crippen LogP contribution in [0.3, 0.4) is 0 Å². The van der Waals surface area contributed by atoms with Gasteiger partial charge in [0.2, 0.25) is 0 Å². The molecular weight excluding hydrogens is 279 g/mol. The quantitative estimate of drug-likeness (QED) is 0.940. The Morgan fingerprint density at radius 1 is 1.14 bits per heavy atom. The molecule has 2 aromatic rings. The van der Waals surface area contributed by atoms with Crippen molar-refractivity contribution in [2.45, 2.75) is 19.3 Å². The van der Waals surface area contributed by atoms with Crippen LogP contribution >= 0.6 is 0 Å². The van der Waals surface area contributed by atoms with Gasteiger partial charge in [-0.3, -0.25) is 0 Å². The van der Waals surface area contributed by atoms with Crippen LogP contribution in [0.2, 0.25) is 0 Å². The molecule has 0 saturated heterocycles. The van der Waals surface area contributed by atoms with Crippen molar-refractivity contribution in [3.05, 3.63) is 65.0 Å². The molecule has 0 saturated carbocycles. The lowest BCUT2D eigenvalue weighted by Gasteiger charge is -2.10. The fourth-order valence-electron chi connectivity index (χ4n) is 1.88. The van der Waals surface area contributed by atoms with E-state index in [1.165, 1.54) is 12.3 Å². The smallest absolute Gasteiger partial charge is 0.309 e. The van der Waals surface area contributed by atoms with E-state index in [-0.39, 0.29) is 6.54 Å². The number of hydrogen-bond donors (Lipinski definition) is 1. The first-order valence-electron chi connectivity index (χ1n) is 6.21. The molecule has 1 heterocycles. The molecule has 0 unspecified atom stereocenters. The number of nitrogens with zero attached hydrogens (tertiary/aromatic N) is 2. The van der Waals surface area contributed by atoms with Crippen molar-refractivity contribution >= 4 is 0 Å². The lowest BCUT2D eigenvalue weighted by Crippen LogP contribution is -2.15. The van der Waals surface area contributed by atoms with Crippen molar-refractivity contribution in [1.29, 1.82) is 5.26 Å². The van der Waals surface area contributed by atoms with E-state index < -0.39 is 11.7 Å². The molecular formula is C15H12F3N3. The van der Waals surface area contributed by atoms with Crippen LogP contribution in [0.4, 0.5) is 13.2 Å². The van der Waals surface area contributed by atoms with Gasteiger partial charge in [0.25, 0.3) is 0 Å². The largest absolute Gasteiger partial charge is 0.416 e. The number of hydrogen-bond acceptors (Lipinski definition) is 3. The number of nitrogens with one attached hydrogen (secondary N) is 1. The molecule has 21 heavy (non-hydrogen) atoms. The van der Waals surface area contributed by atoms with Crippen LogP contribution in [-0.2, 0) is 19.3 Å². The number of alkyl halides is 3. The number of aromatic nitrogens is 1. The predicted octanol–water partition coefficient (Wildman–Crippen LogP) is 3.26. The molecule has 0 atom stereocenters. The van der Waals surface area contributed by atoms with Crippen molar-refractivity contribution < 1.29 is 13.2 Å². The van der Waals surface area contributed by atoms with E-state index in [9.17, 15) is 13.2 Å². The Morgan fingerprint density at radius 3 is 2.67 bits per heavy atom. The minimum absolute atomic E-state index is 0.281. The Balaban J connectivity index is 2.00. The Labute approximate surface area is 120 Å². The highest BCUT2D eigenvalue weighted by atomic mass is 19.4. The van der Waals surface area contributed by atoms with Crippen molar-refractivity contribution in [1.82, 2.24) is 10.3 Å². The summed E-state index contributed by atoms with van der Waals surface area (Å²) in [5.74, 6) is 0. The second-order valence-corrected chi connectivity index (χ2v) is 4.42. The second-order valence-electron chi connectivity index (χ2n) is 4.42. The van der Waals surface area contributed by atoms with E-state index >= 15 is 0 Å². The molecule has 2 rings (SSSR count). The van der Waals surface area contributed by atoms with Gasteiger partial charge in [-0.25, -0.2) is 4.98 Å². The van der Waals surface area contributed by atoms with Gasteiger partial charge in [-0.1, -0.05) is 24.3 Å². The Hall–Kier alpha value is -2.39. The van der Waals surface area contributed by atoms with Gasteiger partial charge in [0, 0.05) is 24.8 Å². The zero-order chi connectivity index (χ0) is 15.3. The van der Waals surface area contributed by atoms with Crippen molar-refractivity contribution in [2.24, 2.45) is 0 Å². The van der Waals surface area contributed by atoms with Gasteiger partial charge in [-0.15, -0.1) is 0 Å². The lowest BCUT2D eigenvalue weighted by atomic mass is 10.1. The third-order valence-corrected chi connectivity index (χ3v) is 2.90. The van der Waals surface area contributed by atoms with Gasteiger partial charge in [-0.2, -0.15) is 18.4 Å². The maximum absolute atomic E-state index is 12.6. The molecule has 1 aromatic carbocycles. The van der Waals surface area contributed by atoms with Gasteiger partial charge in [0.05, 0.1) is 5.56 Å². The van der Waals surface area contributed by atoms with Crippen LogP contribution in [-0.4, -0.2) is 4.98 Å². The topological polar surface area (TPSA) is 48.7 Å². The Bertz CT molecular complexity index is 660. The number of nitriles is 1. The van der Waals surface area contributed by atoms with E-state index in [1.54, 1.807) is 18.2 Å². The minimum atomic E-state index is -4.34. The summed E-state index contributed by atoms with van der Waals surface area (Å²) >= 11 is 0. The molecule has 108 valence electrons. The molecule has 0 bridgehead atoms. The van der Waals surface area contributed by atoms with E-state index in [0.29, 0.717) is 23.4 Å². The van der Waals surface area contributed by atoms with Crippen LogP contribution in [0, 0.1) is 11.3 Å². The summed E-state index contributed by atoms with van der Waals surface area (Å²) < 4.78 is 37.8. The summed E-state index contributed by atoms with van der Waals surface area (Å²) in [5.41, 5.74) is 0.897. The molecule has 1 N–H and O–H groups in total. The number of rotatable bonds is 4. The van der Waals surface area contributed by atoms with E-state index in [1.807, 2.05) is 6.07 Å². The van der Waals surface area contributed by atoms with Crippen molar-refractivity contribution in [2.75, 3.05) is 0 Å². The Morgan fingerprint density at radius 2 is 1.95 bits per heavy atom. The summed E-state index contributed by atoms with van der Waals surface area (Å²) in [6, 6.07) is 10.6. The van der Waals surface area contributed by atoms with E-state index in [2.05, 4.69) is 10.3 Å². The molecule has 0 aliphatic heterocycles. The van der Waals surface area contributed by atoms with Crippen LogP contribution < -0.4 is 5.32 Å². The molecule has 6 heteroatoms. The number of benzene rings is 1. The molecule has 0 spiro atoms. The Kier molecular flexibility index (Phi) is 4.55. The molecule has 0 aliphatic rings. The standard InChI is InChI=1S/C15H12F3N3/c16-15(17,18)13-5-1-3-11(7-13)9-20-10-12-4-2-6-21-14(12)8-19/h1-7,20H,9-10H2. The van der Waals surface area contributed by atoms with Crippen LogP contribution in [0.25, 0.3) is 0 Å². The minimum Gasteiger partial charge on any atom is -0.309 e. The summed E-state index contributed by atoms with van der Waals surface area (Å²) in [6.45, 7) is 0.649. The molecule has 0 aliphatic carbocycles. The maximum atomic E-state index is 12.6. The van der Waals surface area contributed by atoms with Crippen molar-refractivity contribution in [3.8, 4) is 6.07 Å². The highest BCUT2D eigenvalue weighted by molar-refractivity contribution is 5.30. The summed E-state index contributed by atoms with van der Waals surface area (Å²) in [5, 5.41) is 11.9. The maximum Gasteiger partial charge on any atom is 0.416 e. The van der Waals surface area contributed by atoms with E-state index in [0.717, 1.165) is 12.1 Å². The van der Waals surface area contributed by atoms with Gasteiger partial charge >= 0.3 is 6.18 Å². The average Bonchev–Trinajstić information content (AvgIpc) is 2.47.